The molecule has 1 N–H and O–H groups in total. The highest BCUT2D eigenvalue weighted by Crippen LogP contribution is 2.32. The average molecular weight is 366 g/mol. The number of aromatic nitrogens is 3. The monoisotopic (exact) mass is 365 g/mol. The third kappa shape index (κ3) is 3.85. The predicted molar refractivity (Wildman–Crippen MR) is 108 cm³/mol. The van der Waals surface area contributed by atoms with Gasteiger partial charge in [-0.3, -0.25) is 0 Å². The molecule has 2 aromatic heterocycles. The van der Waals surface area contributed by atoms with Crippen LogP contribution in [0.15, 0.2) is 36.7 Å². The fraction of sp³-hybridized carbons (Fsp3) is 0.350. The van der Waals surface area contributed by atoms with Crippen molar-refractivity contribution in [3.8, 4) is 10.7 Å². The zero-order chi connectivity index (χ0) is 17.9. The number of hydrogen-bond donors (Lipinski definition) is 1. The molecule has 1 fully saturated rings. The van der Waals surface area contributed by atoms with Crippen molar-refractivity contribution in [3.63, 3.8) is 0 Å². The molecule has 0 unspecified atom stereocenters. The molecule has 0 saturated carbocycles. The second-order valence-corrected chi connectivity index (χ2v) is 7.83. The third-order valence-electron chi connectivity index (χ3n) is 4.51. The van der Waals surface area contributed by atoms with Crippen LogP contribution >= 0.6 is 11.3 Å². The highest BCUT2D eigenvalue weighted by molar-refractivity contribution is 7.18. The number of rotatable bonds is 4. The molecule has 1 aromatic carbocycles. The van der Waals surface area contributed by atoms with Crippen molar-refractivity contribution in [2.75, 3.05) is 23.3 Å². The van der Waals surface area contributed by atoms with E-state index in [1.165, 1.54) is 35.4 Å². The highest BCUT2D eigenvalue weighted by atomic mass is 32.1. The maximum absolute atomic E-state index is 4.66. The minimum Gasteiger partial charge on any atom is -0.362 e. The van der Waals surface area contributed by atoms with Crippen LogP contribution in [0.2, 0.25) is 0 Å². The predicted octanol–water partition coefficient (Wildman–Crippen LogP) is 4.95. The van der Waals surface area contributed by atoms with Crippen molar-refractivity contribution in [2.45, 2.75) is 33.1 Å². The summed E-state index contributed by atoms with van der Waals surface area (Å²) in [5, 5.41) is 5.49. The maximum Gasteiger partial charge on any atom is 0.227 e. The summed E-state index contributed by atoms with van der Waals surface area (Å²) in [6, 6.07) is 8.27. The summed E-state index contributed by atoms with van der Waals surface area (Å²) < 4.78 is 0. The summed E-state index contributed by atoms with van der Waals surface area (Å²) in [6.45, 7) is 6.44. The summed E-state index contributed by atoms with van der Waals surface area (Å²) in [5.41, 5.74) is 4.30. The zero-order valence-corrected chi connectivity index (χ0v) is 16.0. The SMILES string of the molecule is Cc1cc(C)cc(Nc2nccc(-c3ncc(N4CCCCC4)s3)n2)c1. The first-order valence-corrected chi connectivity index (χ1v) is 9.88. The number of anilines is 3. The number of aryl methyl sites for hydroxylation is 2. The summed E-state index contributed by atoms with van der Waals surface area (Å²) in [6.07, 6.45) is 7.64. The lowest BCUT2D eigenvalue weighted by Crippen LogP contribution is -2.28. The van der Waals surface area contributed by atoms with E-state index in [1.54, 1.807) is 17.5 Å². The number of nitrogens with zero attached hydrogens (tertiary/aromatic N) is 4. The molecule has 0 radical (unpaired) electrons. The van der Waals surface area contributed by atoms with Gasteiger partial charge in [0.2, 0.25) is 5.95 Å². The second-order valence-electron chi connectivity index (χ2n) is 6.82. The Bertz CT molecular complexity index is 878. The summed E-state index contributed by atoms with van der Waals surface area (Å²) >= 11 is 1.71. The Morgan fingerprint density at radius 3 is 2.54 bits per heavy atom. The molecule has 0 spiro atoms. The Balaban J connectivity index is 1.55. The summed E-state index contributed by atoms with van der Waals surface area (Å²) in [4.78, 5) is 16.1. The minimum absolute atomic E-state index is 0.599. The molecule has 0 bridgehead atoms. The Hall–Kier alpha value is -2.47. The van der Waals surface area contributed by atoms with Gasteiger partial charge in [-0.15, -0.1) is 0 Å². The van der Waals surface area contributed by atoms with Crippen LogP contribution in [-0.2, 0) is 0 Å². The average Bonchev–Trinajstić information content (AvgIpc) is 3.12. The molecular formula is C20H23N5S. The minimum atomic E-state index is 0.599. The molecule has 1 aliphatic rings. The lowest BCUT2D eigenvalue weighted by Gasteiger charge is -2.26. The zero-order valence-electron chi connectivity index (χ0n) is 15.2. The molecule has 4 rings (SSSR count). The summed E-state index contributed by atoms with van der Waals surface area (Å²) in [7, 11) is 0. The van der Waals surface area contributed by atoms with Crippen molar-refractivity contribution in [3.05, 3.63) is 47.8 Å². The van der Waals surface area contributed by atoms with Gasteiger partial charge >= 0.3 is 0 Å². The molecule has 5 nitrogen and oxygen atoms in total. The Labute approximate surface area is 158 Å². The number of piperidine rings is 1. The van der Waals surface area contributed by atoms with E-state index in [0.29, 0.717) is 5.95 Å². The van der Waals surface area contributed by atoms with Crippen molar-refractivity contribution < 1.29 is 0 Å². The third-order valence-corrected chi connectivity index (χ3v) is 5.59. The van der Waals surface area contributed by atoms with Crippen LogP contribution in [-0.4, -0.2) is 28.0 Å². The quantitative estimate of drug-likeness (QED) is 0.709. The largest absolute Gasteiger partial charge is 0.362 e. The van der Waals surface area contributed by atoms with Crippen LogP contribution < -0.4 is 10.2 Å². The van der Waals surface area contributed by atoms with Gasteiger partial charge in [-0.05, 0) is 62.4 Å². The van der Waals surface area contributed by atoms with Crippen LogP contribution in [0.5, 0.6) is 0 Å². The standard InChI is InChI=1S/C20H23N5S/c1-14-10-15(2)12-16(11-14)23-20-21-7-6-17(24-20)19-22-13-18(26-19)25-8-4-3-5-9-25/h6-7,10-13H,3-5,8-9H2,1-2H3,(H,21,23,24). The first kappa shape index (κ1) is 17.0. The molecule has 1 aliphatic heterocycles. The molecule has 3 aromatic rings. The van der Waals surface area contributed by atoms with E-state index in [1.807, 2.05) is 12.3 Å². The molecule has 134 valence electrons. The van der Waals surface area contributed by atoms with Crippen LogP contribution in [0.1, 0.15) is 30.4 Å². The van der Waals surface area contributed by atoms with Gasteiger partial charge in [0.05, 0.1) is 6.20 Å². The van der Waals surface area contributed by atoms with E-state index in [9.17, 15) is 0 Å². The Morgan fingerprint density at radius 1 is 1.00 bits per heavy atom. The molecule has 0 amide bonds. The van der Waals surface area contributed by atoms with Crippen molar-refractivity contribution in [1.29, 1.82) is 0 Å². The van der Waals surface area contributed by atoms with Gasteiger partial charge in [0.15, 0.2) is 0 Å². The highest BCUT2D eigenvalue weighted by Gasteiger charge is 2.15. The number of thiazole rings is 1. The normalized spacial score (nSPS) is 14.5. The molecule has 0 aliphatic carbocycles. The van der Waals surface area contributed by atoms with Crippen LogP contribution in [0, 0.1) is 13.8 Å². The fourth-order valence-corrected chi connectivity index (χ4v) is 4.30. The number of benzene rings is 1. The van der Waals surface area contributed by atoms with Crippen molar-refractivity contribution in [1.82, 2.24) is 15.0 Å². The Morgan fingerprint density at radius 2 is 1.77 bits per heavy atom. The van der Waals surface area contributed by atoms with E-state index < -0.39 is 0 Å². The van der Waals surface area contributed by atoms with Gasteiger partial charge in [-0.2, -0.15) is 0 Å². The van der Waals surface area contributed by atoms with Gasteiger partial charge in [-0.25, -0.2) is 15.0 Å². The second kappa shape index (κ2) is 7.41. The van der Waals surface area contributed by atoms with Gasteiger partial charge in [0.1, 0.15) is 15.7 Å². The van der Waals surface area contributed by atoms with Crippen molar-refractivity contribution in [2.24, 2.45) is 0 Å². The van der Waals surface area contributed by atoms with E-state index >= 15 is 0 Å². The fourth-order valence-electron chi connectivity index (χ4n) is 3.36. The van der Waals surface area contributed by atoms with Crippen molar-refractivity contribution >= 4 is 28.0 Å². The smallest absolute Gasteiger partial charge is 0.227 e. The number of hydrogen-bond acceptors (Lipinski definition) is 6. The van der Waals surface area contributed by atoms with Crippen LogP contribution in [0.4, 0.5) is 16.6 Å². The first-order chi connectivity index (χ1) is 12.7. The lowest BCUT2D eigenvalue weighted by molar-refractivity contribution is 0.580. The van der Waals surface area contributed by atoms with Gasteiger partial charge in [0, 0.05) is 25.0 Å². The molecule has 0 atom stereocenters. The van der Waals surface area contributed by atoms with E-state index in [0.717, 1.165) is 29.5 Å². The van der Waals surface area contributed by atoms with E-state index in [2.05, 4.69) is 57.2 Å². The molecule has 1 saturated heterocycles. The van der Waals surface area contributed by atoms with Gasteiger partial charge < -0.3 is 10.2 Å². The molecule has 26 heavy (non-hydrogen) atoms. The lowest BCUT2D eigenvalue weighted by atomic mass is 10.1. The topological polar surface area (TPSA) is 53.9 Å². The molecule has 6 heteroatoms. The van der Waals surface area contributed by atoms with Gasteiger partial charge in [-0.1, -0.05) is 17.4 Å². The molecular weight excluding hydrogens is 342 g/mol. The molecule has 3 heterocycles. The van der Waals surface area contributed by atoms with E-state index in [4.69, 9.17) is 0 Å². The number of nitrogens with one attached hydrogen (secondary N) is 1. The van der Waals surface area contributed by atoms with Gasteiger partial charge in [0.25, 0.3) is 0 Å². The maximum atomic E-state index is 4.66. The Kier molecular flexibility index (Phi) is 4.84. The summed E-state index contributed by atoms with van der Waals surface area (Å²) in [5.74, 6) is 0.599. The van der Waals surface area contributed by atoms with Crippen LogP contribution in [0.25, 0.3) is 10.7 Å². The first-order valence-electron chi connectivity index (χ1n) is 9.07. The van der Waals surface area contributed by atoms with Crippen LogP contribution in [0.3, 0.4) is 0 Å². The van der Waals surface area contributed by atoms with E-state index in [-0.39, 0.29) is 0 Å².